The molecule has 10 aromatic rings. The molecule has 0 amide bonds. The molecule has 321 valence electrons. The minimum atomic E-state index is -2.08. The second-order valence-electron chi connectivity index (χ2n) is 17.9. The zero-order chi connectivity index (χ0) is 46.3. The number of hydrogen-bond acceptors (Lipinski definition) is 2. The fourth-order valence-corrected chi connectivity index (χ4v) is 9.56. The van der Waals surface area contributed by atoms with E-state index in [0.717, 1.165) is 44.9 Å². The summed E-state index contributed by atoms with van der Waals surface area (Å²) in [6.45, 7) is 14.0. The van der Waals surface area contributed by atoms with Gasteiger partial charge in [-0.2, -0.15) is 0 Å². The first kappa shape index (κ1) is 40.6. The molecule has 3 aromatic heterocycles. The van der Waals surface area contributed by atoms with Crippen LogP contribution in [0.25, 0.3) is 78.0 Å². The zero-order valence-corrected chi connectivity index (χ0v) is 40.8. The normalized spacial score (nSPS) is 12.5. The van der Waals surface area contributed by atoms with Gasteiger partial charge in [-0.05, 0) is 98.3 Å². The van der Waals surface area contributed by atoms with Crippen molar-refractivity contribution >= 4 is 46.1 Å². The second-order valence-corrected chi connectivity index (χ2v) is 23.0. The topological polar surface area (TPSA) is 35.6 Å². The van der Waals surface area contributed by atoms with E-state index in [4.69, 9.17) is 9.10 Å². The molecule has 0 N–H and O–H groups in total. The van der Waals surface area contributed by atoms with Crippen molar-refractivity contribution in [1.82, 2.24) is 19.1 Å². The second kappa shape index (κ2) is 18.5. The van der Waals surface area contributed by atoms with Crippen molar-refractivity contribution in [2.24, 2.45) is 0 Å². The first-order chi connectivity index (χ1) is 31.7. The van der Waals surface area contributed by atoms with Crippen LogP contribution in [0.5, 0.6) is 0 Å². The maximum atomic E-state index is 7.35. The monoisotopic (exact) mass is 1030 g/mol. The predicted octanol–water partition coefficient (Wildman–Crippen LogP) is 14.9. The molecule has 0 aliphatic carbocycles. The van der Waals surface area contributed by atoms with Gasteiger partial charge in [-0.15, -0.1) is 59.2 Å². The maximum absolute atomic E-state index is 7.35. The Bertz CT molecular complexity index is 3230. The Labute approximate surface area is 397 Å². The van der Waals surface area contributed by atoms with Crippen LogP contribution < -0.4 is 5.19 Å². The van der Waals surface area contributed by atoms with Gasteiger partial charge in [-0.1, -0.05) is 151 Å². The predicted molar refractivity (Wildman–Crippen MR) is 270 cm³/mol. The Hall–Kier alpha value is -6.17. The Kier molecular flexibility index (Phi) is 11.7. The number of aromatic nitrogens is 4. The van der Waals surface area contributed by atoms with Gasteiger partial charge in [0.15, 0.2) is 0 Å². The van der Waals surface area contributed by atoms with Crippen molar-refractivity contribution in [2.45, 2.75) is 66.0 Å². The van der Waals surface area contributed by atoms with Crippen molar-refractivity contribution in [1.29, 1.82) is 0 Å². The Morgan fingerprint density at radius 3 is 1.84 bits per heavy atom. The molecule has 10 rings (SSSR count). The average Bonchev–Trinajstić information content (AvgIpc) is 3.87. The Balaban J connectivity index is 0.000000244. The van der Waals surface area contributed by atoms with Crippen LogP contribution in [0, 0.1) is 19.0 Å². The summed E-state index contributed by atoms with van der Waals surface area (Å²) in [5.41, 5.74) is 14.8. The zero-order valence-electron chi connectivity index (χ0n) is 40.4. The molecule has 0 aliphatic rings. The summed E-state index contributed by atoms with van der Waals surface area (Å²) in [6, 6.07) is 63.4. The molecule has 64 heavy (non-hydrogen) atoms. The standard InChI is InChI=1S/C43H36N3.C15H18NSi.Ir/c1-28(2)35-26-32(30-15-7-5-8-16-30)27-36(29(3)4)42(35)46-41-22-14-12-20-38(41)44-43(46)31-23-24-40-37(25-31)34-19-11-13-21-39(34)45(40)33-17-9-6-10-18-33;1-12-5-7-13(8-6-12)15-10-9-14(11-16-15)17(2,3)4;/h5-22,24-29H,1-4H3;5-7,9-11H,1-4H3;/q2*-1;/i;1D3;. The summed E-state index contributed by atoms with van der Waals surface area (Å²) in [4.78, 5) is 9.79. The molecule has 0 spiro atoms. The van der Waals surface area contributed by atoms with Crippen molar-refractivity contribution in [3.05, 3.63) is 199 Å². The van der Waals surface area contributed by atoms with Crippen LogP contribution in [0.2, 0.25) is 19.6 Å². The van der Waals surface area contributed by atoms with Crippen LogP contribution >= 0.6 is 0 Å². The molecule has 0 atom stereocenters. The maximum Gasteiger partial charge on any atom is 0.0795 e. The number of pyridine rings is 1. The van der Waals surface area contributed by atoms with E-state index in [1.165, 1.54) is 55.5 Å². The molecule has 0 saturated heterocycles. The van der Waals surface area contributed by atoms with Gasteiger partial charge >= 0.3 is 0 Å². The van der Waals surface area contributed by atoms with E-state index in [1.807, 2.05) is 12.3 Å². The summed E-state index contributed by atoms with van der Waals surface area (Å²) in [6.07, 6.45) is 1.92. The molecule has 4 nitrogen and oxygen atoms in total. The van der Waals surface area contributed by atoms with Gasteiger partial charge in [-0.3, -0.25) is 4.98 Å². The molecule has 0 fully saturated rings. The molecule has 0 bridgehead atoms. The third kappa shape index (κ3) is 8.71. The first-order valence-corrected chi connectivity index (χ1v) is 25.4. The number of benzene rings is 7. The smallest absolute Gasteiger partial charge is 0.0795 e. The van der Waals surface area contributed by atoms with E-state index >= 15 is 0 Å². The quantitative estimate of drug-likeness (QED) is 0.112. The molecule has 6 heteroatoms. The summed E-state index contributed by atoms with van der Waals surface area (Å²) in [7, 11) is -1.34. The largest absolute Gasteiger partial charge is 0.351 e. The van der Waals surface area contributed by atoms with E-state index < -0.39 is 14.9 Å². The SMILES string of the molecule is CC(C)c1cc(-c2ccccc2)cc(C(C)C)c1-n1c(-c2[c-]cc3c(c2)c2ccccc2n3-c2ccccc2)nc2ccccc21.[2H]C([2H])([2H])c1c[c-]c(-c2ccc([Si](C)(C)C)cn2)cc1.[Ir]. The Morgan fingerprint density at radius 1 is 0.578 bits per heavy atom. The molecule has 7 aromatic carbocycles. The van der Waals surface area contributed by atoms with Crippen LogP contribution in [0.4, 0.5) is 0 Å². The van der Waals surface area contributed by atoms with E-state index in [-0.39, 0.29) is 20.1 Å². The molecular formula is C58H54IrN4Si-2. The molecule has 0 saturated carbocycles. The summed E-state index contributed by atoms with van der Waals surface area (Å²) >= 11 is 0. The van der Waals surface area contributed by atoms with Crippen LogP contribution in [0.15, 0.2) is 170 Å². The van der Waals surface area contributed by atoms with Gasteiger partial charge in [-0.25, -0.2) is 0 Å². The number of rotatable bonds is 8. The van der Waals surface area contributed by atoms with Crippen LogP contribution in [-0.2, 0) is 20.1 Å². The molecule has 0 aliphatic heterocycles. The van der Waals surface area contributed by atoms with Crippen LogP contribution in [-0.4, -0.2) is 27.2 Å². The third-order valence-electron chi connectivity index (χ3n) is 11.9. The average molecular weight is 1030 g/mol. The minimum absolute atomic E-state index is 0. The summed E-state index contributed by atoms with van der Waals surface area (Å²) < 4.78 is 26.8. The number of fused-ring (bicyclic) bond motifs is 4. The van der Waals surface area contributed by atoms with Crippen molar-refractivity contribution in [3.8, 4) is 45.1 Å². The first-order valence-electron chi connectivity index (χ1n) is 23.4. The van der Waals surface area contributed by atoms with Crippen molar-refractivity contribution < 1.29 is 24.2 Å². The van der Waals surface area contributed by atoms with E-state index in [2.05, 4.69) is 213 Å². The number of para-hydroxylation sites is 4. The van der Waals surface area contributed by atoms with Crippen LogP contribution in [0.3, 0.4) is 0 Å². The summed E-state index contributed by atoms with van der Waals surface area (Å²) in [5, 5.41) is 3.72. The van der Waals surface area contributed by atoms with E-state index in [0.29, 0.717) is 17.4 Å². The van der Waals surface area contributed by atoms with Gasteiger partial charge in [0, 0.05) is 47.3 Å². The number of aryl methyl sites for hydroxylation is 1. The van der Waals surface area contributed by atoms with Gasteiger partial charge in [0.2, 0.25) is 0 Å². The van der Waals surface area contributed by atoms with Crippen LogP contribution in [0.1, 0.15) is 60.3 Å². The van der Waals surface area contributed by atoms with E-state index in [9.17, 15) is 0 Å². The van der Waals surface area contributed by atoms with Gasteiger partial charge in [0.1, 0.15) is 0 Å². The Morgan fingerprint density at radius 2 is 1.22 bits per heavy atom. The number of hydrogen-bond donors (Lipinski definition) is 0. The number of imidazole rings is 1. The van der Waals surface area contributed by atoms with Crippen molar-refractivity contribution in [2.75, 3.05) is 0 Å². The fourth-order valence-electron chi connectivity index (χ4n) is 8.52. The fraction of sp³-hybridized carbons (Fsp3) is 0.172. The summed E-state index contributed by atoms with van der Waals surface area (Å²) in [5.74, 6) is 1.52. The van der Waals surface area contributed by atoms with Crippen molar-refractivity contribution in [3.63, 3.8) is 0 Å². The van der Waals surface area contributed by atoms with E-state index in [1.54, 1.807) is 12.1 Å². The number of nitrogens with zero attached hydrogens (tertiary/aromatic N) is 4. The molecule has 1 radical (unpaired) electrons. The van der Waals surface area contributed by atoms with Gasteiger partial charge in [0.25, 0.3) is 0 Å². The van der Waals surface area contributed by atoms with Gasteiger partial charge in [0.05, 0.1) is 24.9 Å². The molecule has 0 unspecified atom stereocenters. The third-order valence-corrected chi connectivity index (χ3v) is 13.9. The molecular weight excluding hydrogens is 973 g/mol. The minimum Gasteiger partial charge on any atom is -0.351 e. The van der Waals surface area contributed by atoms with Gasteiger partial charge < -0.3 is 14.1 Å². The molecule has 3 heterocycles.